The molecule has 7 nitrogen and oxygen atoms in total. The third-order valence-corrected chi connectivity index (χ3v) is 6.77. The van der Waals surface area contributed by atoms with Crippen molar-refractivity contribution in [1.29, 1.82) is 0 Å². The quantitative estimate of drug-likeness (QED) is 0.223. The number of H-pyrrole nitrogens is 2. The van der Waals surface area contributed by atoms with E-state index in [0.29, 0.717) is 18.7 Å². The molecule has 0 bridgehead atoms. The van der Waals surface area contributed by atoms with Gasteiger partial charge in [-0.05, 0) is 41.5 Å². The van der Waals surface area contributed by atoms with Crippen molar-refractivity contribution < 1.29 is 4.52 Å². The van der Waals surface area contributed by atoms with Gasteiger partial charge >= 0.3 is 5.76 Å². The van der Waals surface area contributed by atoms with Gasteiger partial charge in [0.2, 0.25) is 0 Å². The van der Waals surface area contributed by atoms with E-state index in [2.05, 4.69) is 57.8 Å². The molecular formula is C33H36N4O3. The lowest BCUT2D eigenvalue weighted by Crippen LogP contribution is -2.20. The fourth-order valence-electron chi connectivity index (χ4n) is 4.50. The van der Waals surface area contributed by atoms with Gasteiger partial charge in [-0.15, -0.1) is 0 Å². The second-order valence-corrected chi connectivity index (χ2v) is 9.60. The van der Waals surface area contributed by atoms with Gasteiger partial charge in [-0.1, -0.05) is 111 Å². The van der Waals surface area contributed by atoms with Crippen molar-refractivity contribution in [2.24, 2.45) is 0 Å². The molecule has 0 spiro atoms. The highest BCUT2D eigenvalue weighted by atomic mass is 16.5. The van der Waals surface area contributed by atoms with Crippen molar-refractivity contribution in [3.63, 3.8) is 0 Å². The third kappa shape index (κ3) is 7.32. The summed E-state index contributed by atoms with van der Waals surface area (Å²) in [7, 11) is 0. The molecule has 0 aliphatic carbocycles. The second kappa shape index (κ2) is 14.0. The lowest BCUT2D eigenvalue weighted by atomic mass is 9.96. The van der Waals surface area contributed by atoms with Crippen LogP contribution in [0.1, 0.15) is 61.8 Å². The number of rotatable bonds is 9. The van der Waals surface area contributed by atoms with Crippen molar-refractivity contribution >= 4 is 0 Å². The molecule has 2 heterocycles. The van der Waals surface area contributed by atoms with E-state index >= 15 is 0 Å². The smallest absolute Gasteiger partial charge is 0.310 e. The Bertz CT molecular complexity index is 1620. The van der Waals surface area contributed by atoms with Gasteiger partial charge in [0.1, 0.15) is 5.82 Å². The second-order valence-electron chi connectivity index (χ2n) is 9.60. The first-order chi connectivity index (χ1) is 19.5. The summed E-state index contributed by atoms with van der Waals surface area (Å²) < 4.78 is 4.66. The van der Waals surface area contributed by atoms with Crippen LogP contribution in [0.3, 0.4) is 0 Å². The Morgan fingerprint density at radius 3 is 2.05 bits per heavy atom. The maximum Gasteiger partial charge on any atom is 0.439 e. The van der Waals surface area contributed by atoms with Gasteiger partial charge in [0.25, 0.3) is 5.56 Å². The summed E-state index contributed by atoms with van der Waals surface area (Å²) in [5.41, 5.74) is 6.73. The normalized spacial score (nSPS) is 10.7. The highest BCUT2D eigenvalue weighted by molar-refractivity contribution is 5.80. The van der Waals surface area contributed by atoms with Crippen molar-refractivity contribution in [2.75, 3.05) is 0 Å². The maximum atomic E-state index is 12.7. The molecule has 0 saturated carbocycles. The lowest BCUT2D eigenvalue weighted by Gasteiger charge is -2.11. The van der Waals surface area contributed by atoms with E-state index in [1.54, 1.807) is 0 Å². The van der Waals surface area contributed by atoms with E-state index in [0.717, 1.165) is 65.0 Å². The van der Waals surface area contributed by atoms with Gasteiger partial charge in [-0.2, -0.15) is 0 Å². The lowest BCUT2D eigenvalue weighted by molar-refractivity contribution is 0.388. The minimum Gasteiger partial charge on any atom is -0.310 e. The van der Waals surface area contributed by atoms with Gasteiger partial charge < -0.3 is 4.98 Å². The van der Waals surface area contributed by atoms with Crippen LogP contribution in [0, 0.1) is 0 Å². The Morgan fingerprint density at radius 2 is 1.45 bits per heavy atom. The third-order valence-electron chi connectivity index (χ3n) is 6.77. The fourth-order valence-corrected chi connectivity index (χ4v) is 4.50. The van der Waals surface area contributed by atoms with Crippen molar-refractivity contribution in [3.05, 3.63) is 128 Å². The molecule has 0 atom stereocenters. The number of aromatic amines is 2. The van der Waals surface area contributed by atoms with E-state index in [9.17, 15) is 9.59 Å². The number of aryl methyl sites for hydroxylation is 3. The van der Waals surface area contributed by atoms with Crippen LogP contribution in [0.5, 0.6) is 0 Å². The van der Waals surface area contributed by atoms with Crippen LogP contribution in [-0.2, 0) is 25.7 Å². The Morgan fingerprint density at radius 1 is 0.750 bits per heavy atom. The first kappa shape index (κ1) is 28.5. The number of hydrogen-bond acceptors (Lipinski definition) is 5. The van der Waals surface area contributed by atoms with Crippen LogP contribution in [0.2, 0.25) is 0 Å². The van der Waals surface area contributed by atoms with Crippen molar-refractivity contribution in [3.8, 4) is 22.5 Å². The molecule has 5 aromatic rings. The molecule has 5 rings (SSSR count). The number of nitrogens with zero attached hydrogens (tertiary/aromatic N) is 2. The molecular weight excluding hydrogens is 500 g/mol. The van der Waals surface area contributed by atoms with Crippen LogP contribution < -0.4 is 11.3 Å². The summed E-state index contributed by atoms with van der Waals surface area (Å²) >= 11 is 0. The summed E-state index contributed by atoms with van der Waals surface area (Å²) in [5.74, 6) is 0.545. The topological polar surface area (TPSA) is 105 Å². The molecule has 0 radical (unpaired) electrons. The monoisotopic (exact) mass is 536 g/mol. The molecule has 2 N–H and O–H groups in total. The summed E-state index contributed by atoms with van der Waals surface area (Å²) in [6, 6.07) is 26.2. The molecule has 0 fully saturated rings. The molecule has 0 amide bonds. The minimum atomic E-state index is -0.586. The van der Waals surface area contributed by atoms with Gasteiger partial charge in [0.05, 0.1) is 5.69 Å². The SMILES string of the molecule is CCCCc1nc(CC)[nH]c(=O)c1Cc1ccc(-c2ccccc2-c2noc(=O)[nH]2)cc1.CCc1ccccc1. The number of hydrogen-bond donors (Lipinski definition) is 2. The molecule has 0 aliphatic heterocycles. The zero-order chi connectivity index (χ0) is 28.3. The van der Waals surface area contributed by atoms with Crippen LogP contribution in [0.15, 0.2) is 93.0 Å². The fraction of sp³-hybridized carbons (Fsp3) is 0.273. The number of benzene rings is 3. The first-order valence-corrected chi connectivity index (χ1v) is 13.9. The maximum absolute atomic E-state index is 12.7. The zero-order valence-electron chi connectivity index (χ0n) is 23.4. The van der Waals surface area contributed by atoms with Gasteiger partial charge in [0, 0.05) is 24.0 Å². The van der Waals surface area contributed by atoms with E-state index in [1.807, 2.05) is 61.5 Å². The van der Waals surface area contributed by atoms with Crippen molar-refractivity contribution in [2.45, 2.75) is 59.3 Å². The van der Waals surface area contributed by atoms with Crippen molar-refractivity contribution in [1.82, 2.24) is 20.1 Å². The van der Waals surface area contributed by atoms with E-state index in [4.69, 9.17) is 4.98 Å². The zero-order valence-corrected chi connectivity index (χ0v) is 23.4. The largest absolute Gasteiger partial charge is 0.439 e. The van der Waals surface area contributed by atoms with Gasteiger partial charge in [0.15, 0.2) is 5.82 Å². The molecule has 40 heavy (non-hydrogen) atoms. The Balaban J connectivity index is 0.000000398. The minimum absolute atomic E-state index is 0.0487. The van der Waals surface area contributed by atoms with E-state index in [1.165, 1.54) is 5.56 Å². The number of aromatic nitrogens is 4. The highest BCUT2D eigenvalue weighted by Crippen LogP contribution is 2.30. The summed E-state index contributed by atoms with van der Waals surface area (Å²) in [6.45, 7) is 6.29. The summed E-state index contributed by atoms with van der Waals surface area (Å²) in [4.78, 5) is 34.3. The average Bonchev–Trinajstić information content (AvgIpc) is 3.44. The molecule has 3 aromatic carbocycles. The number of unbranched alkanes of at least 4 members (excludes halogenated alkanes) is 1. The van der Waals surface area contributed by atoms with Crippen LogP contribution in [-0.4, -0.2) is 20.1 Å². The van der Waals surface area contributed by atoms with Crippen LogP contribution >= 0.6 is 0 Å². The number of nitrogens with one attached hydrogen (secondary N) is 2. The van der Waals surface area contributed by atoms with E-state index < -0.39 is 5.76 Å². The van der Waals surface area contributed by atoms with Gasteiger partial charge in [-0.25, -0.2) is 9.78 Å². The molecule has 0 saturated heterocycles. The van der Waals surface area contributed by atoms with E-state index in [-0.39, 0.29) is 5.56 Å². The van der Waals surface area contributed by atoms with Crippen LogP contribution in [0.25, 0.3) is 22.5 Å². The summed E-state index contributed by atoms with van der Waals surface area (Å²) in [5, 5.41) is 3.82. The Labute approximate surface area is 234 Å². The average molecular weight is 537 g/mol. The molecule has 206 valence electrons. The first-order valence-electron chi connectivity index (χ1n) is 13.9. The molecule has 7 heteroatoms. The predicted octanol–water partition coefficient (Wildman–Crippen LogP) is 6.53. The molecule has 2 aromatic heterocycles. The Hall–Kier alpha value is -4.52. The van der Waals surface area contributed by atoms with Gasteiger partial charge in [-0.3, -0.25) is 14.3 Å². The molecule has 0 unspecified atom stereocenters. The van der Waals surface area contributed by atoms with Crippen LogP contribution in [0.4, 0.5) is 0 Å². The summed E-state index contributed by atoms with van der Waals surface area (Å²) in [6.07, 6.45) is 5.25. The highest BCUT2D eigenvalue weighted by Gasteiger charge is 2.14. The standard InChI is InChI=1S/C25H26N4O3.C8H10/c1-3-5-10-21-20(24(30)27-22(4-2)26-21)15-16-11-13-17(14-12-16)18-8-6-7-9-19(18)23-28-25(31)32-29-23;1-2-8-6-4-3-5-7-8/h6-9,11-14H,3-5,10,15H2,1-2H3,(H,26,27,30)(H,28,29,31);3-7H,2H2,1H3. The Kier molecular flexibility index (Phi) is 9.99. The predicted molar refractivity (Wildman–Crippen MR) is 159 cm³/mol. The molecule has 0 aliphatic rings.